The highest BCUT2D eigenvalue weighted by molar-refractivity contribution is 7.89. The molecule has 1 unspecified atom stereocenters. The number of thiophene rings is 1. The fraction of sp³-hybridized carbons (Fsp3) is 0.522. The first-order valence-corrected chi connectivity index (χ1v) is 14.0. The normalized spacial score (nSPS) is 19.5. The summed E-state index contributed by atoms with van der Waals surface area (Å²) in [6.45, 7) is 3.52. The van der Waals surface area contributed by atoms with Gasteiger partial charge < -0.3 is 5.32 Å². The molecule has 2 aromatic rings. The first-order valence-electron chi connectivity index (χ1n) is 11.3. The number of likely N-dealkylation sites (tertiary alicyclic amines) is 1. The van der Waals surface area contributed by atoms with Crippen LogP contribution in [0.5, 0.6) is 0 Å². The molecule has 1 aromatic heterocycles. The van der Waals surface area contributed by atoms with E-state index >= 15 is 0 Å². The summed E-state index contributed by atoms with van der Waals surface area (Å²) in [7, 11) is -3.74. The number of hydrogen-bond donors (Lipinski definition) is 1. The van der Waals surface area contributed by atoms with Gasteiger partial charge in [0, 0.05) is 30.1 Å². The van der Waals surface area contributed by atoms with Crippen LogP contribution in [0.2, 0.25) is 5.02 Å². The molecule has 1 amide bonds. The molecule has 0 radical (unpaired) electrons. The zero-order valence-corrected chi connectivity index (χ0v) is 20.5. The van der Waals surface area contributed by atoms with Crippen LogP contribution >= 0.6 is 22.9 Å². The molecule has 2 aliphatic rings. The Morgan fingerprint density at radius 2 is 1.72 bits per heavy atom. The van der Waals surface area contributed by atoms with Crippen LogP contribution in [0.25, 0.3) is 0 Å². The van der Waals surface area contributed by atoms with Gasteiger partial charge in [-0.1, -0.05) is 30.5 Å². The molecule has 9 heteroatoms. The number of amides is 1. The van der Waals surface area contributed by atoms with Crippen molar-refractivity contribution in [3.8, 4) is 0 Å². The Bertz CT molecular complexity index is 1010. The summed E-state index contributed by atoms with van der Waals surface area (Å²) in [5.74, 6) is -0.283. The first-order chi connectivity index (χ1) is 15.5. The fourth-order valence-electron chi connectivity index (χ4n) is 4.50. The van der Waals surface area contributed by atoms with Crippen molar-refractivity contribution >= 4 is 38.9 Å². The molecule has 32 heavy (non-hydrogen) atoms. The average molecular weight is 496 g/mol. The lowest BCUT2D eigenvalue weighted by atomic mass is 10.2. The zero-order chi connectivity index (χ0) is 22.6. The number of nitrogens with one attached hydrogen (secondary N) is 1. The van der Waals surface area contributed by atoms with Crippen LogP contribution in [0, 0.1) is 0 Å². The number of nitrogens with zero attached hydrogens (tertiary/aromatic N) is 2. The Kier molecular flexibility index (Phi) is 7.89. The second kappa shape index (κ2) is 10.7. The van der Waals surface area contributed by atoms with Gasteiger partial charge in [0.05, 0.1) is 11.1 Å². The van der Waals surface area contributed by atoms with Crippen molar-refractivity contribution in [3.05, 3.63) is 51.2 Å². The van der Waals surface area contributed by atoms with E-state index in [0.29, 0.717) is 25.2 Å². The van der Waals surface area contributed by atoms with E-state index in [1.165, 1.54) is 34.2 Å². The topological polar surface area (TPSA) is 69.7 Å². The summed E-state index contributed by atoms with van der Waals surface area (Å²) in [5, 5.41) is 5.23. The zero-order valence-electron chi connectivity index (χ0n) is 18.1. The van der Waals surface area contributed by atoms with E-state index in [-0.39, 0.29) is 21.9 Å². The van der Waals surface area contributed by atoms with Gasteiger partial charge in [-0.25, -0.2) is 8.42 Å². The number of rotatable bonds is 7. The molecule has 0 spiro atoms. The molecule has 1 atom stereocenters. The molecule has 6 nitrogen and oxygen atoms in total. The molecule has 1 N–H and O–H groups in total. The summed E-state index contributed by atoms with van der Waals surface area (Å²) >= 11 is 7.98. The van der Waals surface area contributed by atoms with Crippen molar-refractivity contribution in [1.29, 1.82) is 0 Å². The predicted molar refractivity (Wildman–Crippen MR) is 129 cm³/mol. The van der Waals surface area contributed by atoms with Crippen LogP contribution in [-0.4, -0.2) is 56.3 Å². The van der Waals surface area contributed by atoms with E-state index in [2.05, 4.69) is 21.7 Å². The largest absolute Gasteiger partial charge is 0.350 e. The van der Waals surface area contributed by atoms with Gasteiger partial charge in [0.2, 0.25) is 10.0 Å². The summed E-state index contributed by atoms with van der Waals surface area (Å²) in [5.41, 5.74) is 0.314. The van der Waals surface area contributed by atoms with E-state index in [1.54, 1.807) is 17.4 Å². The molecular formula is C23H30ClN3O3S2. The molecule has 2 aliphatic heterocycles. The Hall–Kier alpha value is -1.45. The number of halogens is 1. The van der Waals surface area contributed by atoms with Gasteiger partial charge in [-0.3, -0.25) is 9.69 Å². The summed E-state index contributed by atoms with van der Waals surface area (Å²) in [4.78, 5) is 16.6. The minimum absolute atomic E-state index is 0.0167. The highest BCUT2D eigenvalue weighted by Crippen LogP contribution is 2.29. The van der Waals surface area contributed by atoms with E-state index in [0.717, 1.165) is 38.8 Å². The average Bonchev–Trinajstić information content (AvgIpc) is 3.44. The number of carbonyl (C=O) groups is 1. The van der Waals surface area contributed by atoms with E-state index in [4.69, 9.17) is 11.6 Å². The summed E-state index contributed by atoms with van der Waals surface area (Å²) < 4.78 is 28.0. The number of benzene rings is 1. The van der Waals surface area contributed by atoms with Crippen LogP contribution in [0.4, 0.5) is 0 Å². The molecule has 1 aromatic carbocycles. The Morgan fingerprint density at radius 1 is 1.03 bits per heavy atom. The summed E-state index contributed by atoms with van der Waals surface area (Å²) in [6.07, 6.45) is 6.10. The fourth-order valence-corrected chi connectivity index (χ4v) is 7.38. The van der Waals surface area contributed by atoms with E-state index in [9.17, 15) is 13.2 Å². The van der Waals surface area contributed by atoms with E-state index in [1.807, 2.05) is 6.07 Å². The molecular weight excluding hydrogens is 466 g/mol. The van der Waals surface area contributed by atoms with Crippen molar-refractivity contribution < 1.29 is 13.2 Å². The van der Waals surface area contributed by atoms with Crippen molar-refractivity contribution in [2.24, 2.45) is 0 Å². The van der Waals surface area contributed by atoms with Crippen LogP contribution in [0.3, 0.4) is 0 Å². The van der Waals surface area contributed by atoms with Gasteiger partial charge >= 0.3 is 0 Å². The minimum Gasteiger partial charge on any atom is -0.350 e. The second-order valence-corrected chi connectivity index (χ2v) is 11.7. The molecule has 0 bridgehead atoms. The monoisotopic (exact) mass is 495 g/mol. The molecule has 4 rings (SSSR count). The SMILES string of the molecule is O=C(NCC(c1cccs1)N1CCCC1)c1ccc(Cl)c(S(=O)(=O)N2CCCCCC2)c1. The van der Waals surface area contributed by atoms with Gasteiger partial charge in [0.15, 0.2) is 0 Å². The quantitative estimate of drug-likeness (QED) is 0.612. The molecule has 2 fully saturated rings. The van der Waals surface area contributed by atoms with Crippen molar-refractivity contribution in [1.82, 2.24) is 14.5 Å². The molecule has 174 valence electrons. The van der Waals surface area contributed by atoms with Crippen LogP contribution in [0.1, 0.15) is 59.8 Å². The third-order valence-electron chi connectivity index (χ3n) is 6.29. The highest BCUT2D eigenvalue weighted by Gasteiger charge is 2.29. The van der Waals surface area contributed by atoms with E-state index < -0.39 is 10.0 Å². The van der Waals surface area contributed by atoms with Crippen LogP contribution < -0.4 is 5.32 Å². The van der Waals surface area contributed by atoms with Gasteiger partial charge in [-0.15, -0.1) is 11.3 Å². The van der Waals surface area contributed by atoms with Gasteiger partial charge in [0.25, 0.3) is 5.91 Å². The Labute approximate surface area is 199 Å². The number of carbonyl (C=O) groups excluding carboxylic acids is 1. The first kappa shape index (κ1) is 23.7. The van der Waals surface area contributed by atoms with Gasteiger partial charge in [0.1, 0.15) is 4.90 Å². The molecule has 2 saturated heterocycles. The summed E-state index contributed by atoms with van der Waals surface area (Å²) in [6, 6.07) is 8.80. The van der Waals surface area contributed by atoms with Crippen molar-refractivity contribution in [3.63, 3.8) is 0 Å². The smallest absolute Gasteiger partial charge is 0.251 e. The number of sulfonamides is 1. The maximum absolute atomic E-state index is 13.2. The van der Waals surface area contributed by atoms with Crippen molar-refractivity contribution in [2.75, 3.05) is 32.7 Å². The lowest BCUT2D eigenvalue weighted by Crippen LogP contribution is -2.36. The minimum atomic E-state index is -3.74. The second-order valence-electron chi connectivity index (χ2n) is 8.45. The lowest BCUT2D eigenvalue weighted by Gasteiger charge is -2.27. The molecule has 0 aliphatic carbocycles. The van der Waals surface area contributed by atoms with Gasteiger partial charge in [-0.2, -0.15) is 4.31 Å². The Morgan fingerprint density at radius 3 is 2.38 bits per heavy atom. The maximum Gasteiger partial charge on any atom is 0.251 e. The maximum atomic E-state index is 13.2. The third-order valence-corrected chi connectivity index (χ3v) is 9.64. The van der Waals surface area contributed by atoms with Gasteiger partial charge in [-0.05, 0) is 68.4 Å². The predicted octanol–water partition coefficient (Wildman–Crippen LogP) is 4.53. The lowest BCUT2D eigenvalue weighted by molar-refractivity contribution is 0.0938. The Balaban J connectivity index is 1.50. The van der Waals surface area contributed by atoms with Crippen molar-refractivity contribution in [2.45, 2.75) is 49.5 Å². The number of hydrogen-bond acceptors (Lipinski definition) is 5. The standard InChI is InChI=1S/C23H30ClN3O3S2/c24-19-10-9-18(16-22(19)32(29,30)27-13-3-1-2-4-14-27)23(28)25-17-20(21-8-7-15-31-21)26-11-5-6-12-26/h7-10,15-16,20H,1-6,11-14,17H2,(H,25,28). The molecule has 0 saturated carbocycles. The van der Waals surface area contributed by atoms with Crippen LogP contribution in [-0.2, 0) is 10.0 Å². The van der Waals surface area contributed by atoms with Crippen LogP contribution in [0.15, 0.2) is 40.6 Å². The third kappa shape index (κ3) is 5.37. The highest BCUT2D eigenvalue weighted by atomic mass is 35.5. The molecule has 3 heterocycles.